The molecule has 0 aromatic heterocycles. The Bertz CT molecular complexity index is 2220. The van der Waals surface area contributed by atoms with E-state index in [1.165, 1.54) is 11.8 Å². The van der Waals surface area contributed by atoms with Gasteiger partial charge in [-0.15, -0.1) is 11.8 Å². The highest BCUT2D eigenvalue weighted by Gasteiger charge is 2.39. The van der Waals surface area contributed by atoms with Crippen LogP contribution in [0, 0.1) is 0 Å². The second kappa shape index (κ2) is 18.7. The molecule has 0 saturated heterocycles. The summed E-state index contributed by atoms with van der Waals surface area (Å²) in [5.74, 6) is -1.51. The summed E-state index contributed by atoms with van der Waals surface area (Å²) in [4.78, 5) is 55.3. The summed E-state index contributed by atoms with van der Waals surface area (Å²) >= 11 is 1.52. The van der Waals surface area contributed by atoms with Crippen molar-refractivity contribution in [2.75, 3.05) is 16.4 Å². The third-order valence-electron chi connectivity index (χ3n) is 9.53. The summed E-state index contributed by atoms with van der Waals surface area (Å²) in [6, 6.07) is 52.0. The molecular weight excluding hydrogens is 743 g/mol. The van der Waals surface area contributed by atoms with Crippen molar-refractivity contribution in [3.63, 3.8) is 0 Å². The van der Waals surface area contributed by atoms with Crippen LogP contribution in [0.2, 0.25) is 0 Å². The Hall–Kier alpha value is -6.45. The first-order valence-corrected chi connectivity index (χ1v) is 20.1. The van der Waals surface area contributed by atoms with Crippen molar-refractivity contribution in [1.82, 2.24) is 5.32 Å². The van der Waals surface area contributed by atoms with E-state index in [0.717, 1.165) is 22.3 Å². The fourth-order valence-corrected chi connectivity index (χ4v) is 8.20. The molecule has 0 saturated carbocycles. The van der Waals surface area contributed by atoms with E-state index in [9.17, 15) is 19.2 Å². The van der Waals surface area contributed by atoms with E-state index < -0.39 is 34.3 Å². The van der Waals surface area contributed by atoms with Gasteiger partial charge >= 0.3 is 6.09 Å². The third-order valence-corrected chi connectivity index (χ3v) is 11.2. The number of nitrogens with one attached hydrogen (secondary N) is 3. The molecule has 0 bridgehead atoms. The lowest BCUT2D eigenvalue weighted by molar-refractivity contribution is -0.118. The van der Waals surface area contributed by atoms with Gasteiger partial charge in [-0.05, 0) is 68.1 Å². The van der Waals surface area contributed by atoms with E-state index in [4.69, 9.17) is 4.74 Å². The molecule has 0 fully saturated rings. The van der Waals surface area contributed by atoms with Crippen LogP contribution in [0.25, 0.3) is 0 Å². The molecule has 0 heterocycles. The van der Waals surface area contributed by atoms with Crippen LogP contribution in [-0.4, -0.2) is 41.1 Å². The van der Waals surface area contributed by atoms with E-state index in [-0.39, 0.29) is 23.0 Å². The van der Waals surface area contributed by atoms with Gasteiger partial charge < -0.3 is 20.7 Å². The van der Waals surface area contributed by atoms with Crippen molar-refractivity contribution < 1.29 is 23.9 Å². The number of anilines is 2. The molecule has 58 heavy (non-hydrogen) atoms. The standard InChI is InChI=1S/C49H47N3O5S/c1-34(35-20-10-5-11-21-35)45(54)51-42-31-30-40(32-41(42)44(53)36-22-12-6-13-23-36)50-46(55)43(52-47(56)57-48(2,3)4)33-58-49(37-24-14-7-15-25-37,38-26-16-8-17-27-38)39-28-18-9-19-29-39/h5-32,34,43H,33H2,1-4H3,(H,50,55)(H,51,54)(H,52,56)/t34?,43-/m0/s1. The third kappa shape index (κ3) is 10.1. The highest BCUT2D eigenvalue weighted by Crippen LogP contribution is 2.48. The number of ketones is 1. The zero-order chi connectivity index (χ0) is 41.1. The Morgan fingerprint density at radius 2 is 1.09 bits per heavy atom. The second-order valence-electron chi connectivity index (χ2n) is 14.9. The Labute approximate surface area is 344 Å². The number of thioether (sulfide) groups is 1. The molecule has 6 rings (SSSR count). The summed E-state index contributed by atoms with van der Waals surface area (Å²) in [6.07, 6.45) is -0.747. The lowest BCUT2D eigenvalue weighted by Crippen LogP contribution is -2.48. The average molecular weight is 790 g/mol. The molecule has 9 heteroatoms. The van der Waals surface area contributed by atoms with Crippen molar-refractivity contribution >= 4 is 46.8 Å². The zero-order valence-electron chi connectivity index (χ0n) is 33.0. The normalized spacial score (nSPS) is 12.4. The molecule has 0 aliphatic rings. The van der Waals surface area contributed by atoms with Crippen molar-refractivity contribution in [1.29, 1.82) is 0 Å². The minimum Gasteiger partial charge on any atom is -0.444 e. The molecule has 0 radical (unpaired) electrons. The van der Waals surface area contributed by atoms with Gasteiger partial charge in [-0.3, -0.25) is 14.4 Å². The molecule has 3 N–H and O–H groups in total. The molecule has 0 aliphatic heterocycles. The summed E-state index contributed by atoms with van der Waals surface area (Å²) in [5.41, 5.74) is 4.23. The van der Waals surface area contributed by atoms with Gasteiger partial charge in [0.15, 0.2) is 5.78 Å². The Kier molecular flexibility index (Phi) is 13.3. The maximum atomic E-state index is 14.5. The fraction of sp³-hybridized carbons (Fsp3) is 0.184. The van der Waals surface area contributed by atoms with E-state index in [1.807, 2.05) is 91.0 Å². The van der Waals surface area contributed by atoms with Crippen LogP contribution in [0.1, 0.15) is 71.8 Å². The molecule has 0 spiro atoms. The number of rotatable bonds is 14. The van der Waals surface area contributed by atoms with E-state index >= 15 is 0 Å². The lowest BCUT2D eigenvalue weighted by Gasteiger charge is -2.36. The SMILES string of the molecule is CC(C(=O)Nc1ccc(NC(=O)[C@H](CSC(c2ccccc2)(c2ccccc2)c2ccccc2)NC(=O)OC(C)(C)C)cc1C(=O)c1ccccc1)c1ccccc1. The van der Waals surface area contributed by atoms with Crippen LogP contribution in [0.3, 0.4) is 0 Å². The largest absolute Gasteiger partial charge is 0.444 e. The Morgan fingerprint density at radius 3 is 1.59 bits per heavy atom. The van der Waals surface area contributed by atoms with Crippen LogP contribution < -0.4 is 16.0 Å². The molecular formula is C49H47N3O5S. The molecule has 3 amide bonds. The number of amides is 3. The smallest absolute Gasteiger partial charge is 0.408 e. The topological polar surface area (TPSA) is 114 Å². The summed E-state index contributed by atoms with van der Waals surface area (Å²) in [7, 11) is 0. The monoisotopic (exact) mass is 789 g/mol. The number of alkyl carbamates (subject to hydrolysis) is 1. The summed E-state index contributed by atoms with van der Waals surface area (Å²) in [5, 5.41) is 8.73. The van der Waals surface area contributed by atoms with Gasteiger partial charge in [-0.25, -0.2) is 4.79 Å². The number of carbonyl (C=O) groups is 4. The van der Waals surface area contributed by atoms with Crippen LogP contribution in [0.4, 0.5) is 16.2 Å². The van der Waals surface area contributed by atoms with Gasteiger partial charge in [0.2, 0.25) is 11.8 Å². The van der Waals surface area contributed by atoms with Crippen LogP contribution in [0.5, 0.6) is 0 Å². The number of hydrogen-bond acceptors (Lipinski definition) is 6. The minimum absolute atomic E-state index is 0.130. The molecule has 6 aromatic carbocycles. The Morgan fingerprint density at radius 1 is 0.603 bits per heavy atom. The zero-order valence-corrected chi connectivity index (χ0v) is 33.8. The number of ether oxygens (including phenoxy) is 1. The van der Waals surface area contributed by atoms with Crippen molar-refractivity contribution in [3.05, 3.63) is 203 Å². The first-order valence-electron chi connectivity index (χ1n) is 19.1. The van der Waals surface area contributed by atoms with Gasteiger partial charge in [0.1, 0.15) is 11.6 Å². The van der Waals surface area contributed by atoms with Crippen molar-refractivity contribution in [2.24, 2.45) is 0 Å². The molecule has 8 nitrogen and oxygen atoms in total. The van der Waals surface area contributed by atoms with Crippen molar-refractivity contribution in [3.8, 4) is 0 Å². The second-order valence-corrected chi connectivity index (χ2v) is 16.1. The quantitative estimate of drug-likeness (QED) is 0.0748. The highest BCUT2D eigenvalue weighted by atomic mass is 32.2. The molecule has 294 valence electrons. The fourth-order valence-electron chi connectivity index (χ4n) is 6.64. The van der Waals surface area contributed by atoms with Gasteiger partial charge in [-0.1, -0.05) is 152 Å². The van der Waals surface area contributed by atoms with Crippen LogP contribution >= 0.6 is 11.8 Å². The molecule has 0 aliphatic carbocycles. The van der Waals surface area contributed by atoms with Gasteiger partial charge in [0.05, 0.1) is 16.4 Å². The predicted molar refractivity (Wildman–Crippen MR) is 233 cm³/mol. The van der Waals surface area contributed by atoms with Gasteiger partial charge in [0.25, 0.3) is 0 Å². The van der Waals surface area contributed by atoms with Gasteiger partial charge in [0, 0.05) is 22.6 Å². The summed E-state index contributed by atoms with van der Waals surface area (Å²) < 4.78 is 4.86. The number of benzene rings is 6. The molecule has 6 aromatic rings. The minimum atomic E-state index is -1.09. The van der Waals surface area contributed by atoms with E-state index in [0.29, 0.717) is 16.9 Å². The summed E-state index contributed by atoms with van der Waals surface area (Å²) in [6.45, 7) is 7.07. The van der Waals surface area contributed by atoms with Gasteiger partial charge in [-0.2, -0.15) is 0 Å². The number of hydrogen-bond donors (Lipinski definition) is 3. The first-order chi connectivity index (χ1) is 27.9. The molecule has 2 atom stereocenters. The average Bonchev–Trinajstić information content (AvgIpc) is 3.24. The predicted octanol–water partition coefficient (Wildman–Crippen LogP) is 10.2. The van der Waals surface area contributed by atoms with Crippen molar-refractivity contribution in [2.45, 2.75) is 50.0 Å². The maximum absolute atomic E-state index is 14.5. The molecule has 1 unspecified atom stereocenters. The van der Waals surface area contributed by atoms with E-state index in [2.05, 4.69) is 52.3 Å². The Balaban J connectivity index is 1.35. The highest BCUT2D eigenvalue weighted by molar-refractivity contribution is 8.00. The van der Waals surface area contributed by atoms with Crippen LogP contribution in [0.15, 0.2) is 170 Å². The number of carbonyl (C=O) groups excluding carboxylic acids is 4. The van der Waals surface area contributed by atoms with Crippen LogP contribution in [-0.2, 0) is 19.1 Å². The first kappa shape index (κ1) is 41.2. The lowest BCUT2D eigenvalue weighted by atomic mass is 9.84. The van der Waals surface area contributed by atoms with E-state index in [1.54, 1.807) is 70.2 Å². The maximum Gasteiger partial charge on any atom is 0.408 e.